The first kappa shape index (κ1) is 18.0. The highest BCUT2D eigenvalue weighted by molar-refractivity contribution is 8.01. The van der Waals surface area contributed by atoms with Crippen LogP contribution in [-0.4, -0.2) is 39.4 Å². The summed E-state index contributed by atoms with van der Waals surface area (Å²) in [5, 5.41) is 14.7. The van der Waals surface area contributed by atoms with Gasteiger partial charge in [0.25, 0.3) is 0 Å². The van der Waals surface area contributed by atoms with Gasteiger partial charge in [0.15, 0.2) is 4.34 Å². The molecule has 1 saturated heterocycles. The van der Waals surface area contributed by atoms with Crippen molar-refractivity contribution in [3.05, 3.63) is 42.7 Å². The third-order valence-corrected chi connectivity index (χ3v) is 7.49. The van der Waals surface area contributed by atoms with Crippen molar-refractivity contribution < 1.29 is 4.74 Å². The molecule has 6 nitrogen and oxygen atoms in total. The van der Waals surface area contributed by atoms with Crippen molar-refractivity contribution in [2.45, 2.75) is 28.3 Å². The summed E-state index contributed by atoms with van der Waals surface area (Å²) in [5.41, 5.74) is 1.19. The Morgan fingerprint density at radius 1 is 1.14 bits per heavy atom. The topological polar surface area (TPSA) is 72.8 Å². The molecule has 0 spiro atoms. The third-order valence-electron chi connectivity index (χ3n) is 4.45. The fourth-order valence-corrected chi connectivity index (χ4v) is 5.88. The van der Waals surface area contributed by atoms with Crippen molar-refractivity contribution in [1.82, 2.24) is 20.2 Å². The Hall–Kier alpha value is -2.07. The number of anilines is 1. The predicted octanol–water partition coefficient (Wildman–Crippen LogP) is 4.95. The van der Waals surface area contributed by atoms with Gasteiger partial charge >= 0.3 is 0 Å². The fourth-order valence-electron chi connectivity index (χ4n) is 3.07. The minimum atomic E-state index is 0.281. The van der Waals surface area contributed by atoms with Gasteiger partial charge in [0.05, 0.1) is 6.10 Å². The summed E-state index contributed by atoms with van der Waals surface area (Å²) < 4.78 is 6.50. The van der Waals surface area contributed by atoms with Gasteiger partial charge in [-0.1, -0.05) is 41.7 Å². The van der Waals surface area contributed by atoms with Gasteiger partial charge in [-0.05, 0) is 36.2 Å². The molecule has 1 fully saturated rings. The van der Waals surface area contributed by atoms with Gasteiger partial charge < -0.3 is 10.1 Å². The van der Waals surface area contributed by atoms with Crippen LogP contribution in [0.4, 0.5) is 5.13 Å². The van der Waals surface area contributed by atoms with E-state index < -0.39 is 0 Å². The first-order valence-electron chi connectivity index (χ1n) is 9.02. The van der Waals surface area contributed by atoms with Crippen LogP contribution in [0.5, 0.6) is 0 Å². The molecule has 0 bridgehead atoms. The molecular weight excluding hydrogens is 410 g/mol. The van der Waals surface area contributed by atoms with Crippen molar-refractivity contribution in [3.63, 3.8) is 0 Å². The Balaban J connectivity index is 1.34. The molecule has 1 aromatic carbocycles. The van der Waals surface area contributed by atoms with Crippen molar-refractivity contribution in [2.24, 2.45) is 0 Å². The van der Waals surface area contributed by atoms with Crippen LogP contribution < -0.4 is 5.32 Å². The molecule has 4 aromatic rings. The minimum absolute atomic E-state index is 0.281. The summed E-state index contributed by atoms with van der Waals surface area (Å²) in [5.74, 6) is 0. The zero-order valence-electron chi connectivity index (χ0n) is 14.9. The third kappa shape index (κ3) is 3.88. The molecule has 1 atom stereocenters. The molecule has 0 radical (unpaired) electrons. The average Bonchev–Trinajstić information content (AvgIpc) is 3.48. The van der Waals surface area contributed by atoms with Gasteiger partial charge in [-0.25, -0.2) is 9.97 Å². The molecule has 1 N–H and O–H groups in total. The highest BCUT2D eigenvalue weighted by Gasteiger charge is 2.17. The van der Waals surface area contributed by atoms with E-state index in [2.05, 4.69) is 43.7 Å². The first-order valence-corrected chi connectivity index (χ1v) is 11.5. The van der Waals surface area contributed by atoms with Gasteiger partial charge in [-0.3, -0.25) is 0 Å². The van der Waals surface area contributed by atoms with E-state index in [1.165, 1.54) is 33.5 Å². The van der Waals surface area contributed by atoms with E-state index >= 15 is 0 Å². The second-order valence-corrected chi connectivity index (χ2v) is 9.61. The lowest BCUT2D eigenvalue weighted by molar-refractivity contribution is 0.120. The van der Waals surface area contributed by atoms with E-state index in [1.54, 1.807) is 17.7 Å². The molecule has 0 aliphatic carbocycles. The van der Waals surface area contributed by atoms with E-state index in [4.69, 9.17) is 4.74 Å². The molecule has 28 heavy (non-hydrogen) atoms. The summed E-state index contributed by atoms with van der Waals surface area (Å²) >= 11 is 4.75. The van der Waals surface area contributed by atoms with Crippen molar-refractivity contribution >= 4 is 49.8 Å². The van der Waals surface area contributed by atoms with Crippen molar-refractivity contribution in [3.8, 4) is 10.4 Å². The highest BCUT2D eigenvalue weighted by atomic mass is 32.2. The fraction of sp³-hybridized carbons (Fsp3) is 0.263. The number of rotatable bonds is 6. The first-order chi connectivity index (χ1) is 13.8. The second kappa shape index (κ2) is 8.12. The SMILES string of the molecule is c1ccc(-c2cc3c(Sc4nnc(NCC5CCCO5)s4)ncnc3s2)cc1. The maximum atomic E-state index is 5.64. The molecule has 5 rings (SSSR count). The highest BCUT2D eigenvalue weighted by Crippen LogP contribution is 2.39. The lowest BCUT2D eigenvalue weighted by Gasteiger charge is -2.08. The number of nitrogens with one attached hydrogen (secondary N) is 1. The number of nitrogens with zero attached hydrogens (tertiary/aromatic N) is 4. The van der Waals surface area contributed by atoms with Crippen LogP contribution in [0.1, 0.15) is 12.8 Å². The van der Waals surface area contributed by atoms with E-state index in [0.717, 1.165) is 50.7 Å². The molecular formula is C19H17N5OS3. The number of hydrogen-bond donors (Lipinski definition) is 1. The van der Waals surface area contributed by atoms with Gasteiger partial charge in [-0.15, -0.1) is 21.5 Å². The average molecular weight is 428 g/mol. The molecule has 1 aliphatic rings. The van der Waals surface area contributed by atoms with E-state index in [0.29, 0.717) is 0 Å². The maximum Gasteiger partial charge on any atom is 0.206 e. The normalized spacial score (nSPS) is 16.6. The number of ether oxygens (including phenoxy) is 1. The summed E-state index contributed by atoms with van der Waals surface area (Å²) in [4.78, 5) is 11.1. The number of thiophene rings is 1. The largest absolute Gasteiger partial charge is 0.376 e. The Labute approximate surface area is 174 Å². The van der Waals surface area contributed by atoms with Gasteiger partial charge in [0.2, 0.25) is 5.13 Å². The Morgan fingerprint density at radius 2 is 2.07 bits per heavy atom. The minimum Gasteiger partial charge on any atom is -0.376 e. The van der Waals surface area contributed by atoms with E-state index in [1.807, 2.05) is 18.2 Å². The van der Waals surface area contributed by atoms with Crippen LogP contribution in [-0.2, 0) is 4.74 Å². The molecule has 1 aliphatic heterocycles. The second-order valence-electron chi connectivity index (χ2n) is 6.37. The van der Waals surface area contributed by atoms with Crippen LogP contribution in [0.25, 0.3) is 20.7 Å². The van der Waals surface area contributed by atoms with Crippen molar-refractivity contribution in [2.75, 3.05) is 18.5 Å². The molecule has 142 valence electrons. The Morgan fingerprint density at radius 3 is 2.93 bits per heavy atom. The van der Waals surface area contributed by atoms with Crippen LogP contribution in [0, 0.1) is 0 Å². The summed E-state index contributed by atoms with van der Waals surface area (Å²) in [6, 6.07) is 12.5. The van der Waals surface area contributed by atoms with Gasteiger partial charge in [0.1, 0.15) is 16.2 Å². The smallest absolute Gasteiger partial charge is 0.206 e. The molecule has 0 saturated carbocycles. The Kier molecular flexibility index (Phi) is 5.22. The zero-order chi connectivity index (χ0) is 18.8. The maximum absolute atomic E-state index is 5.64. The lowest BCUT2D eigenvalue weighted by Crippen LogP contribution is -2.18. The quantitative estimate of drug-likeness (QED) is 0.436. The molecule has 4 heterocycles. The van der Waals surface area contributed by atoms with E-state index in [9.17, 15) is 0 Å². The van der Waals surface area contributed by atoms with Crippen molar-refractivity contribution in [1.29, 1.82) is 0 Å². The molecule has 3 aromatic heterocycles. The zero-order valence-corrected chi connectivity index (χ0v) is 17.3. The monoisotopic (exact) mass is 427 g/mol. The summed E-state index contributed by atoms with van der Waals surface area (Å²) in [7, 11) is 0. The van der Waals surface area contributed by atoms with Crippen LogP contribution >= 0.6 is 34.4 Å². The standard InChI is InChI=1S/C19H17N5OS3/c1-2-5-12(6-3-1)15-9-14-16(26-15)21-11-22-17(14)27-19-24-23-18(28-19)20-10-13-7-4-8-25-13/h1-3,5-6,9,11,13H,4,7-8,10H2,(H,20,23). The molecule has 1 unspecified atom stereocenters. The number of hydrogen-bond acceptors (Lipinski definition) is 9. The van der Waals surface area contributed by atoms with E-state index in [-0.39, 0.29) is 6.10 Å². The number of fused-ring (bicyclic) bond motifs is 1. The van der Waals surface area contributed by atoms with Gasteiger partial charge in [-0.2, -0.15) is 0 Å². The lowest BCUT2D eigenvalue weighted by atomic mass is 10.2. The summed E-state index contributed by atoms with van der Waals surface area (Å²) in [6.45, 7) is 1.64. The summed E-state index contributed by atoms with van der Waals surface area (Å²) in [6.07, 6.45) is 4.14. The van der Waals surface area contributed by atoms with Crippen LogP contribution in [0.3, 0.4) is 0 Å². The predicted molar refractivity (Wildman–Crippen MR) is 114 cm³/mol. The van der Waals surface area contributed by atoms with Crippen LogP contribution in [0.2, 0.25) is 0 Å². The molecule has 0 amide bonds. The number of benzene rings is 1. The molecule has 9 heteroatoms. The Bertz CT molecular complexity index is 1080. The number of aromatic nitrogens is 4. The van der Waals surface area contributed by atoms with Crippen LogP contribution in [0.15, 0.2) is 52.1 Å². The van der Waals surface area contributed by atoms with Gasteiger partial charge in [0, 0.05) is 23.4 Å².